The molecule has 0 bridgehead atoms. The van der Waals surface area contributed by atoms with Crippen molar-refractivity contribution < 1.29 is 14.3 Å². The maximum absolute atomic E-state index is 11.7. The van der Waals surface area contributed by atoms with Crippen molar-refractivity contribution in [3.63, 3.8) is 0 Å². The number of rotatable bonds is 4. The average molecular weight is 251 g/mol. The Morgan fingerprint density at radius 2 is 1.89 bits per heavy atom. The van der Waals surface area contributed by atoms with Crippen molar-refractivity contribution in [3.05, 3.63) is 35.9 Å². The van der Waals surface area contributed by atoms with Crippen molar-refractivity contribution in [3.8, 4) is 0 Å². The summed E-state index contributed by atoms with van der Waals surface area (Å²) < 4.78 is 10.3. The molecule has 0 spiro atoms. The Bertz CT molecular complexity index is 370. The molecule has 0 heterocycles. The molecule has 18 heavy (non-hydrogen) atoms. The molecular weight excluding hydrogens is 230 g/mol. The predicted molar refractivity (Wildman–Crippen MR) is 70.4 cm³/mol. The molecule has 1 aromatic carbocycles. The van der Waals surface area contributed by atoms with E-state index in [0.29, 0.717) is 6.61 Å². The van der Waals surface area contributed by atoms with E-state index < -0.39 is 11.7 Å². The van der Waals surface area contributed by atoms with Gasteiger partial charge in [0.05, 0.1) is 12.6 Å². The zero-order valence-electron chi connectivity index (χ0n) is 11.4. The molecule has 0 unspecified atom stereocenters. The summed E-state index contributed by atoms with van der Waals surface area (Å²) >= 11 is 0. The van der Waals surface area contributed by atoms with E-state index in [0.717, 1.165) is 5.56 Å². The molecule has 1 rings (SSSR count). The third kappa shape index (κ3) is 5.19. The van der Waals surface area contributed by atoms with Crippen LogP contribution in [0.4, 0.5) is 4.79 Å². The summed E-state index contributed by atoms with van der Waals surface area (Å²) in [5, 5.41) is 2.80. The number of hydrogen-bond donors (Lipinski definition) is 1. The Hall–Kier alpha value is -1.55. The monoisotopic (exact) mass is 251 g/mol. The van der Waals surface area contributed by atoms with Crippen LogP contribution in [0.2, 0.25) is 0 Å². The van der Waals surface area contributed by atoms with E-state index in [1.54, 1.807) is 7.11 Å². The number of alkyl carbamates (subject to hydrolysis) is 1. The third-order valence-electron chi connectivity index (χ3n) is 2.23. The SMILES string of the molecule is COC[C@@H](NC(=O)OC(C)(C)C)c1ccccc1. The van der Waals surface area contributed by atoms with Gasteiger partial charge in [-0.1, -0.05) is 30.3 Å². The summed E-state index contributed by atoms with van der Waals surface area (Å²) in [6, 6.07) is 9.47. The minimum Gasteiger partial charge on any atom is -0.444 e. The van der Waals surface area contributed by atoms with Crippen LogP contribution < -0.4 is 5.32 Å². The second-order valence-corrected chi connectivity index (χ2v) is 5.06. The van der Waals surface area contributed by atoms with Crippen LogP contribution in [0.3, 0.4) is 0 Å². The minimum absolute atomic E-state index is 0.203. The largest absolute Gasteiger partial charge is 0.444 e. The Labute approximate surface area is 108 Å². The molecule has 0 aliphatic carbocycles. The molecule has 1 atom stereocenters. The van der Waals surface area contributed by atoms with Crippen LogP contribution in [0.25, 0.3) is 0 Å². The van der Waals surface area contributed by atoms with E-state index in [-0.39, 0.29) is 6.04 Å². The zero-order chi connectivity index (χ0) is 13.6. The van der Waals surface area contributed by atoms with Crippen molar-refractivity contribution in [1.82, 2.24) is 5.32 Å². The maximum Gasteiger partial charge on any atom is 0.408 e. The number of benzene rings is 1. The highest BCUT2D eigenvalue weighted by atomic mass is 16.6. The van der Waals surface area contributed by atoms with E-state index in [9.17, 15) is 4.79 Å². The lowest BCUT2D eigenvalue weighted by Crippen LogP contribution is -2.36. The topological polar surface area (TPSA) is 47.6 Å². The third-order valence-corrected chi connectivity index (χ3v) is 2.23. The molecule has 0 saturated carbocycles. The van der Waals surface area contributed by atoms with Gasteiger partial charge < -0.3 is 14.8 Å². The number of methoxy groups -OCH3 is 1. The van der Waals surface area contributed by atoms with E-state index in [1.165, 1.54) is 0 Å². The first-order chi connectivity index (χ1) is 8.42. The van der Waals surface area contributed by atoms with Gasteiger partial charge in [0, 0.05) is 7.11 Å². The maximum atomic E-state index is 11.7. The zero-order valence-corrected chi connectivity index (χ0v) is 11.4. The minimum atomic E-state index is -0.502. The molecule has 0 aliphatic heterocycles. The van der Waals surface area contributed by atoms with Gasteiger partial charge in [-0.25, -0.2) is 4.79 Å². The normalized spacial score (nSPS) is 12.9. The number of hydrogen-bond acceptors (Lipinski definition) is 3. The first kappa shape index (κ1) is 14.5. The van der Waals surface area contributed by atoms with Gasteiger partial charge in [0.1, 0.15) is 5.60 Å². The molecular formula is C14H21NO3. The molecule has 1 amide bonds. The predicted octanol–water partition coefficient (Wildman–Crippen LogP) is 2.90. The van der Waals surface area contributed by atoms with Gasteiger partial charge in [-0.2, -0.15) is 0 Å². The lowest BCUT2D eigenvalue weighted by molar-refractivity contribution is 0.0468. The highest BCUT2D eigenvalue weighted by Gasteiger charge is 2.20. The second-order valence-electron chi connectivity index (χ2n) is 5.06. The van der Waals surface area contributed by atoms with Crippen LogP contribution in [-0.4, -0.2) is 25.4 Å². The number of ether oxygens (including phenoxy) is 2. The molecule has 0 fully saturated rings. The van der Waals surface area contributed by atoms with E-state index >= 15 is 0 Å². The van der Waals surface area contributed by atoms with Gasteiger partial charge in [0.15, 0.2) is 0 Å². The number of amides is 1. The lowest BCUT2D eigenvalue weighted by Gasteiger charge is -2.23. The van der Waals surface area contributed by atoms with Crippen LogP contribution in [-0.2, 0) is 9.47 Å². The van der Waals surface area contributed by atoms with Crippen molar-refractivity contribution in [2.75, 3.05) is 13.7 Å². The summed E-state index contributed by atoms with van der Waals surface area (Å²) in [5.74, 6) is 0. The summed E-state index contributed by atoms with van der Waals surface area (Å²) in [7, 11) is 1.60. The van der Waals surface area contributed by atoms with Gasteiger partial charge in [-0.05, 0) is 26.3 Å². The van der Waals surface area contributed by atoms with E-state index in [2.05, 4.69) is 5.32 Å². The number of carbonyl (C=O) groups is 1. The summed E-state index contributed by atoms with van der Waals surface area (Å²) in [6.07, 6.45) is -0.437. The smallest absolute Gasteiger partial charge is 0.408 e. The lowest BCUT2D eigenvalue weighted by atomic mass is 10.1. The van der Waals surface area contributed by atoms with Gasteiger partial charge in [-0.3, -0.25) is 0 Å². The van der Waals surface area contributed by atoms with Crippen molar-refractivity contribution >= 4 is 6.09 Å². The fourth-order valence-corrected chi connectivity index (χ4v) is 1.52. The fourth-order valence-electron chi connectivity index (χ4n) is 1.52. The summed E-state index contributed by atoms with van der Waals surface area (Å²) in [6.45, 7) is 5.91. The van der Waals surface area contributed by atoms with Crippen LogP contribution in [0, 0.1) is 0 Å². The van der Waals surface area contributed by atoms with Crippen LogP contribution in [0.5, 0.6) is 0 Å². The highest BCUT2D eigenvalue weighted by molar-refractivity contribution is 5.68. The molecule has 0 aromatic heterocycles. The second kappa shape index (κ2) is 6.40. The van der Waals surface area contributed by atoms with Crippen LogP contribution >= 0.6 is 0 Å². The van der Waals surface area contributed by atoms with Crippen LogP contribution in [0.1, 0.15) is 32.4 Å². The van der Waals surface area contributed by atoms with Crippen LogP contribution in [0.15, 0.2) is 30.3 Å². The molecule has 0 radical (unpaired) electrons. The Balaban J connectivity index is 2.67. The Kier molecular flexibility index (Phi) is 5.16. The molecule has 1 aromatic rings. The first-order valence-corrected chi connectivity index (χ1v) is 5.96. The molecule has 4 nitrogen and oxygen atoms in total. The summed E-state index contributed by atoms with van der Waals surface area (Å²) in [5.41, 5.74) is 0.489. The van der Waals surface area contributed by atoms with Crippen molar-refractivity contribution in [2.24, 2.45) is 0 Å². The summed E-state index contributed by atoms with van der Waals surface area (Å²) in [4.78, 5) is 11.7. The molecule has 0 saturated heterocycles. The average Bonchev–Trinajstić information content (AvgIpc) is 2.27. The fraction of sp³-hybridized carbons (Fsp3) is 0.500. The van der Waals surface area contributed by atoms with Gasteiger partial charge in [0.25, 0.3) is 0 Å². The van der Waals surface area contributed by atoms with Gasteiger partial charge in [0.2, 0.25) is 0 Å². The number of carbonyl (C=O) groups excluding carboxylic acids is 1. The molecule has 1 N–H and O–H groups in total. The molecule has 100 valence electrons. The Morgan fingerprint density at radius 3 is 2.39 bits per heavy atom. The van der Waals surface area contributed by atoms with Crippen molar-refractivity contribution in [1.29, 1.82) is 0 Å². The molecule has 4 heteroatoms. The Morgan fingerprint density at radius 1 is 1.28 bits per heavy atom. The quantitative estimate of drug-likeness (QED) is 0.895. The first-order valence-electron chi connectivity index (χ1n) is 5.96. The van der Waals surface area contributed by atoms with Gasteiger partial charge >= 0.3 is 6.09 Å². The standard InChI is InChI=1S/C14H21NO3/c1-14(2,3)18-13(16)15-12(10-17-4)11-8-6-5-7-9-11/h5-9,12H,10H2,1-4H3,(H,15,16)/t12-/m1/s1. The number of nitrogens with one attached hydrogen (secondary N) is 1. The highest BCUT2D eigenvalue weighted by Crippen LogP contribution is 2.14. The van der Waals surface area contributed by atoms with Crippen molar-refractivity contribution in [2.45, 2.75) is 32.4 Å². The van der Waals surface area contributed by atoms with Gasteiger partial charge in [-0.15, -0.1) is 0 Å². The van der Waals surface area contributed by atoms with E-state index in [1.807, 2.05) is 51.1 Å². The van der Waals surface area contributed by atoms with E-state index in [4.69, 9.17) is 9.47 Å². The molecule has 0 aliphatic rings.